The number of benzene rings is 1. The highest BCUT2D eigenvalue weighted by Gasteiger charge is 2.29. The summed E-state index contributed by atoms with van der Waals surface area (Å²) in [6.07, 6.45) is 3.56. The van der Waals surface area contributed by atoms with Crippen molar-refractivity contribution in [1.29, 1.82) is 0 Å². The number of aryl methyl sites for hydroxylation is 1. The minimum Gasteiger partial charge on any atom is -0.327 e. The number of amides is 1. The molecule has 0 spiro atoms. The molecule has 0 aliphatic carbocycles. The van der Waals surface area contributed by atoms with Gasteiger partial charge in [0.15, 0.2) is 0 Å². The van der Waals surface area contributed by atoms with Gasteiger partial charge in [0.25, 0.3) is 0 Å². The topological polar surface area (TPSA) is 92.5 Å². The SMILES string of the molecule is NC1CCCN(S(=O)(=O)c2ccc3c(c2)CCCC(=O)N3)C1. The number of rotatable bonds is 2. The number of nitrogens with zero attached hydrogens (tertiary/aromatic N) is 1. The highest BCUT2D eigenvalue weighted by molar-refractivity contribution is 7.89. The van der Waals surface area contributed by atoms with Gasteiger partial charge in [0, 0.05) is 31.2 Å². The Morgan fingerprint density at radius 2 is 2.05 bits per heavy atom. The Labute approximate surface area is 130 Å². The van der Waals surface area contributed by atoms with Crippen LogP contribution < -0.4 is 11.1 Å². The summed E-state index contributed by atoms with van der Waals surface area (Å²) in [5.74, 6) is -0.0173. The van der Waals surface area contributed by atoms with E-state index in [1.165, 1.54) is 4.31 Å². The van der Waals surface area contributed by atoms with Crippen LogP contribution in [0.2, 0.25) is 0 Å². The number of fused-ring (bicyclic) bond motifs is 1. The fraction of sp³-hybridized carbons (Fsp3) is 0.533. The van der Waals surface area contributed by atoms with Gasteiger partial charge in [0.1, 0.15) is 0 Å². The summed E-state index contributed by atoms with van der Waals surface area (Å²) < 4.78 is 27.0. The van der Waals surface area contributed by atoms with Crippen molar-refractivity contribution in [2.24, 2.45) is 5.73 Å². The summed E-state index contributed by atoms with van der Waals surface area (Å²) >= 11 is 0. The second-order valence-corrected chi connectivity index (χ2v) is 7.92. The first kappa shape index (κ1) is 15.5. The first-order chi connectivity index (χ1) is 10.5. The lowest BCUT2D eigenvalue weighted by Crippen LogP contribution is -2.45. The van der Waals surface area contributed by atoms with Crippen molar-refractivity contribution in [1.82, 2.24) is 4.31 Å². The fourth-order valence-corrected chi connectivity index (χ4v) is 4.64. The maximum Gasteiger partial charge on any atom is 0.243 e. The largest absolute Gasteiger partial charge is 0.327 e. The number of sulfonamides is 1. The molecule has 1 aromatic carbocycles. The molecule has 1 fully saturated rings. The lowest BCUT2D eigenvalue weighted by molar-refractivity contribution is -0.116. The van der Waals surface area contributed by atoms with Crippen LogP contribution in [0, 0.1) is 0 Å². The molecule has 7 heteroatoms. The molecule has 0 aromatic heterocycles. The van der Waals surface area contributed by atoms with Crippen LogP contribution in [0.5, 0.6) is 0 Å². The molecule has 6 nitrogen and oxygen atoms in total. The normalized spacial score (nSPS) is 23.5. The number of nitrogens with two attached hydrogens (primary N) is 1. The quantitative estimate of drug-likeness (QED) is 0.851. The molecule has 2 aliphatic heterocycles. The molecule has 2 heterocycles. The lowest BCUT2D eigenvalue weighted by atomic mass is 10.1. The third-order valence-corrected chi connectivity index (χ3v) is 6.12. The molecule has 1 amide bonds. The van der Waals surface area contributed by atoms with Crippen molar-refractivity contribution >= 4 is 21.6 Å². The highest BCUT2D eigenvalue weighted by atomic mass is 32.2. The molecule has 1 saturated heterocycles. The number of carbonyl (C=O) groups excluding carboxylic acids is 1. The highest BCUT2D eigenvalue weighted by Crippen LogP contribution is 2.27. The van der Waals surface area contributed by atoms with Gasteiger partial charge in [-0.05, 0) is 49.4 Å². The van der Waals surface area contributed by atoms with Crippen molar-refractivity contribution in [3.8, 4) is 0 Å². The predicted molar refractivity (Wildman–Crippen MR) is 84.0 cm³/mol. The Morgan fingerprint density at radius 1 is 1.23 bits per heavy atom. The zero-order valence-electron chi connectivity index (χ0n) is 12.4. The molecule has 1 aromatic rings. The van der Waals surface area contributed by atoms with Crippen molar-refractivity contribution in [2.45, 2.75) is 43.0 Å². The molecule has 3 rings (SSSR count). The van der Waals surface area contributed by atoms with Crippen LogP contribution in [0.4, 0.5) is 5.69 Å². The number of hydrogen-bond donors (Lipinski definition) is 2. The van der Waals surface area contributed by atoms with Crippen LogP contribution in [-0.4, -0.2) is 37.8 Å². The standard InChI is InChI=1S/C15H21N3O3S/c16-12-4-2-8-18(10-12)22(20,21)13-6-7-14-11(9-13)3-1-5-15(19)17-14/h6-7,9,12H,1-5,8,10,16H2,(H,17,19). The number of hydrogen-bond acceptors (Lipinski definition) is 4. The summed E-state index contributed by atoms with van der Waals surface area (Å²) in [5, 5.41) is 2.82. The zero-order chi connectivity index (χ0) is 15.7. The average molecular weight is 323 g/mol. The summed E-state index contributed by atoms with van der Waals surface area (Å²) in [5.41, 5.74) is 7.49. The molecule has 2 aliphatic rings. The predicted octanol–water partition coefficient (Wildman–Crippen LogP) is 1.07. The first-order valence-electron chi connectivity index (χ1n) is 7.65. The Balaban J connectivity index is 1.91. The van der Waals surface area contributed by atoms with Crippen LogP contribution in [0.1, 0.15) is 31.2 Å². The zero-order valence-corrected chi connectivity index (χ0v) is 13.2. The maximum absolute atomic E-state index is 12.8. The molecule has 0 saturated carbocycles. The molecule has 1 atom stereocenters. The van der Waals surface area contributed by atoms with Gasteiger partial charge in [-0.1, -0.05) is 0 Å². The Kier molecular flexibility index (Phi) is 4.20. The van der Waals surface area contributed by atoms with Gasteiger partial charge in [-0.2, -0.15) is 4.31 Å². The Bertz CT molecular complexity index is 687. The van der Waals surface area contributed by atoms with Crippen molar-refractivity contribution < 1.29 is 13.2 Å². The van der Waals surface area contributed by atoms with E-state index in [1.54, 1.807) is 18.2 Å². The number of anilines is 1. The summed E-state index contributed by atoms with van der Waals surface area (Å²) in [6.45, 7) is 0.889. The second-order valence-electron chi connectivity index (χ2n) is 5.99. The van der Waals surface area contributed by atoms with E-state index in [1.807, 2.05) is 0 Å². The minimum absolute atomic E-state index is 0.0173. The lowest BCUT2D eigenvalue weighted by Gasteiger charge is -2.30. The van der Waals surface area contributed by atoms with Gasteiger partial charge in [0.2, 0.25) is 15.9 Å². The van der Waals surface area contributed by atoms with E-state index in [4.69, 9.17) is 5.73 Å². The van der Waals surface area contributed by atoms with Gasteiger partial charge in [0.05, 0.1) is 4.90 Å². The third kappa shape index (κ3) is 3.02. The van der Waals surface area contributed by atoms with Gasteiger partial charge in [-0.15, -0.1) is 0 Å². The summed E-state index contributed by atoms with van der Waals surface area (Å²) in [6, 6.07) is 4.86. The molecule has 1 unspecified atom stereocenters. The number of nitrogens with one attached hydrogen (secondary N) is 1. The summed E-state index contributed by atoms with van der Waals surface area (Å²) in [4.78, 5) is 11.8. The van der Waals surface area contributed by atoms with Gasteiger partial charge >= 0.3 is 0 Å². The van der Waals surface area contributed by atoms with Gasteiger partial charge in [-0.25, -0.2) is 8.42 Å². The van der Waals surface area contributed by atoms with E-state index >= 15 is 0 Å². The number of carbonyl (C=O) groups is 1. The Hall–Kier alpha value is -1.44. The number of piperidine rings is 1. The van der Waals surface area contributed by atoms with E-state index < -0.39 is 10.0 Å². The van der Waals surface area contributed by atoms with E-state index in [0.717, 1.165) is 30.5 Å². The van der Waals surface area contributed by atoms with E-state index in [0.29, 0.717) is 25.9 Å². The van der Waals surface area contributed by atoms with Crippen molar-refractivity contribution in [2.75, 3.05) is 18.4 Å². The molecular weight excluding hydrogens is 302 g/mol. The molecule has 22 heavy (non-hydrogen) atoms. The van der Waals surface area contributed by atoms with Crippen LogP contribution in [0.15, 0.2) is 23.1 Å². The van der Waals surface area contributed by atoms with E-state index in [2.05, 4.69) is 5.32 Å². The smallest absolute Gasteiger partial charge is 0.243 e. The van der Waals surface area contributed by atoms with Crippen LogP contribution in [0.3, 0.4) is 0 Å². The third-order valence-electron chi connectivity index (χ3n) is 4.26. The van der Waals surface area contributed by atoms with Crippen LogP contribution in [0.25, 0.3) is 0 Å². The molecule has 0 bridgehead atoms. The van der Waals surface area contributed by atoms with E-state index in [9.17, 15) is 13.2 Å². The van der Waals surface area contributed by atoms with Gasteiger partial charge in [-0.3, -0.25) is 4.79 Å². The van der Waals surface area contributed by atoms with Crippen LogP contribution >= 0.6 is 0 Å². The second kappa shape index (κ2) is 5.98. The molecule has 120 valence electrons. The van der Waals surface area contributed by atoms with Crippen molar-refractivity contribution in [3.05, 3.63) is 23.8 Å². The first-order valence-corrected chi connectivity index (χ1v) is 9.09. The van der Waals surface area contributed by atoms with Gasteiger partial charge < -0.3 is 11.1 Å². The maximum atomic E-state index is 12.8. The monoisotopic (exact) mass is 323 g/mol. The molecular formula is C15H21N3O3S. The van der Waals surface area contributed by atoms with E-state index in [-0.39, 0.29) is 16.8 Å². The average Bonchev–Trinajstić information content (AvgIpc) is 2.67. The van der Waals surface area contributed by atoms with Crippen LogP contribution in [-0.2, 0) is 21.2 Å². The van der Waals surface area contributed by atoms with Crippen molar-refractivity contribution in [3.63, 3.8) is 0 Å². The Morgan fingerprint density at radius 3 is 2.82 bits per heavy atom. The summed E-state index contributed by atoms with van der Waals surface area (Å²) in [7, 11) is -3.51. The molecule has 0 radical (unpaired) electrons. The molecule has 3 N–H and O–H groups in total. The minimum atomic E-state index is -3.51. The fourth-order valence-electron chi connectivity index (χ4n) is 3.05.